The summed E-state index contributed by atoms with van der Waals surface area (Å²) < 4.78 is 14.2. The van der Waals surface area contributed by atoms with Gasteiger partial charge in [-0.05, 0) is 31.6 Å². The van der Waals surface area contributed by atoms with Gasteiger partial charge in [0.25, 0.3) is 0 Å². The molecule has 29 heavy (non-hydrogen) atoms. The Morgan fingerprint density at radius 2 is 1.07 bits per heavy atom. The summed E-state index contributed by atoms with van der Waals surface area (Å²) in [6, 6.07) is 0. The topological polar surface area (TPSA) is 91.0 Å². The lowest BCUT2D eigenvalue weighted by Crippen LogP contribution is -1.95. The van der Waals surface area contributed by atoms with Gasteiger partial charge in [0, 0.05) is 17.0 Å². The van der Waals surface area contributed by atoms with Gasteiger partial charge in [-0.2, -0.15) is 0 Å². The van der Waals surface area contributed by atoms with E-state index in [1.54, 1.807) is 12.5 Å². The average molecular weight is 405 g/mol. The highest BCUT2D eigenvalue weighted by atomic mass is 16.6. The number of rotatable bonds is 4. The Morgan fingerprint density at radius 3 is 1.34 bits per heavy atom. The molecular formula is C22H36N4O3. The lowest BCUT2D eigenvalue weighted by atomic mass is 9.98. The second-order valence-electron chi connectivity index (χ2n) is 8.36. The Labute approximate surface area is 174 Å². The fourth-order valence-corrected chi connectivity index (χ4v) is 2.74. The highest BCUT2D eigenvalue weighted by Gasteiger charge is 2.13. The molecule has 0 aliphatic carbocycles. The molecule has 0 aromatic carbocycles. The van der Waals surface area contributed by atoms with Crippen LogP contribution in [0.4, 0.5) is 0 Å². The van der Waals surface area contributed by atoms with Crippen LogP contribution >= 0.6 is 0 Å². The SMILES string of the molecule is CC(C)c1conc1C(C)C.Cc1nocc1C(C)C.Cc1nonc1C(C)C. The maximum Gasteiger partial charge on any atom is 0.127 e. The van der Waals surface area contributed by atoms with Crippen LogP contribution in [-0.4, -0.2) is 20.6 Å². The normalized spacial score (nSPS) is 11.0. The average Bonchev–Trinajstić information content (AvgIpc) is 3.35. The van der Waals surface area contributed by atoms with Crippen molar-refractivity contribution >= 4 is 0 Å². The molecule has 3 aromatic rings. The van der Waals surface area contributed by atoms with E-state index in [-0.39, 0.29) is 0 Å². The quantitative estimate of drug-likeness (QED) is 0.488. The molecule has 0 amide bonds. The van der Waals surface area contributed by atoms with E-state index in [0.29, 0.717) is 23.7 Å². The fourth-order valence-electron chi connectivity index (χ4n) is 2.74. The van der Waals surface area contributed by atoms with Crippen LogP contribution in [0.15, 0.2) is 26.2 Å². The molecule has 7 heteroatoms. The molecule has 0 spiro atoms. The number of nitrogens with zero attached hydrogens (tertiary/aromatic N) is 4. The lowest BCUT2D eigenvalue weighted by molar-refractivity contribution is 0.300. The summed E-state index contributed by atoms with van der Waals surface area (Å²) in [5.41, 5.74) is 6.39. The highest BCUT2D eigenvalue weighted by molar-refractivity contribution is 5.21. The van der Waals surface area contributed by atoms with Gasteiger partial charge in [0.05, 0.1) is 11.4 Å². The molecule has 0 aliphatic rings. The molecule has 0 N–H and O–H groups in total. The van der Waals surface area contributed by atoms with E-state index in [0.717, 1.165) is 22.8 Å². The molecule has 0 atom stereocenters. The predicted molar refractivity (Wildman–Crippen MR) is 113 cm³/mol. The van der Waals surface area contributed by atoms with Gasteiger partial charge in [-0.15, -0.1) is 0 Å². The number of hydrogen-bond acceptors (Lipinski definition) is 7. The molecule has 0 fully saturated rings. The van der Waals surface area contributed by atoms with E-state index in [1.807, 2.05) is 13.8 Å². The molecule has 3 heterocycles. The molecule has 7 nitrogen and oxygen atoms in total. The standard InChI is InChI=1S/C9H15NO.C7H11NO.C6H10N2O/c1-6(2)8-5-11-10-9(8)7(3)4;1-5(2)7-4-9-8-6(7)3;1-4(2)6-5(3)7-9-8-6/h5-7H,1-4H3;4-5H,1-3H3;4H,1-3H3. The molecule has 0 saturated heterocycles. The van der Waals surface area contributed by atoms with Crippen molar-refractivity contribution in [3.63, 3.8) is 0 Å². The molecule has 0 bridgehead atoms. The second-order valence-corrected chi connectivity index (χ2v) is 8.36. The van der Waals surface area contributed by atoms with Gasteiger partial charge in [0.2, 0.25) is 0 Å². The summed E-state index contributed by atoms with van der Waals surface area (Å²) in [7, 11) is 0. The van der Waals surface area contributed by atoms with Crippen LogP contribution in [0, 0.1) is 13.8 Å². The second kappa shape index (κ2) is 11.5. The van der Waals surface area contributed by atoms with Crippen molar-refractivity contribution in [3.8, 4) is 0 Å². The predicted octanol–water partition coefficient (Wildman–Crippen LogP) is 6.53. The third-order valence-corrected chi connectivity index (χ3v) is 4.44. The van der Waals surface area contributed by atoms with Crippen LogP contribution < -0.4 is 0 Å². The summed E-state index contributed by atoms with van der Waals surface area (Å²) in [6.07, 6.45) is 3.46. The van der Waals surface area contributed by atoms with Crippen molar-refractivity contribution in [2.45, 2.75) is 92.9 Å². The first kappa shape index (κ1) is 24.6. The van der Waals surface area contributed by atoms with Crippen molar-refractivity contribution in [1.29, 1.82) is 0 Å². The van der Waals surface area contributed by atoms with Gasteiger partial charge in [0.1, 0.15) is 23.9 Å². The van der Waals surface area contributed by atoms with Crippen molar-refractivity contribution in [1.82, 2.24) is 20.6 Å². The summed E-state index contributed by atoms with van der Waals surface area (Å²) in [5, 5.41) is 15.1. The minimum absolute atomic E-state index is 0.413. The van der Waals surface area contributed by atoms with E-state index in [1.165, 1.54) is 11.1 Å². The number of aromatic nitrogens is 4. The van der Waals surface area contributed by atoms with E-state index < -0.39 is 0 Å². The zero-order chi connectivity index (χ0) is 22.1. The summed E-state index contributed by atoms with van der Waals surface area (Å²) in [5.74, 6) is 1.91. The first-order chi connectivity index (χ1) is 13.6. The van der Waals surface area contributed by atoms with Crippen LogP contribution in [0.2, 0.25) is 0 Å². The fraction of sp³-hybridized carbons (Fsp3) is 0.636. The van der Waals surface area contributed by atoms with Gasteiger partial charge < -0.3 is 9.05 Å². The minimum Gasteiger partial charge on any atom is -0.364 e. The van der Waals surface area contributed by atoms with Crippen molar-refractivity contribution < 1.29 is 13.7 Å². The van der Waals surface area contributed by atoms with Gasteiger partial charge >= 0.3 is 0 Å². The van der Waals surface area contributed by atoms with Crippen molar-refractivity contribution in [3.05, 3.63) is 46.4 Å². The van der Waals surface area contributed by atoms with E-state index in [2.05, 4.69) is 80.6 Å². The Morgan fingerprint density at radius 1 is 0.552 bits per heavy atom. The first-order valence-corrected chi connectivity index (χ1v) is 10.2. The van der Waals surface area contributed by atoms with Crippen molar-refractivity contribution in [2.24, 2.45) is 0 Å². The van der Waals surface area contributed by atoms with Gasteiger partial charge in [0.15, 0.2) is 0 Å². The highest BCUT2D eigenvalue weighted by Crippen LogP contribution is 2.24. The Kier molecular flexibility index (Phi) is 9.78. The Balaban J connectivity index is 0.000000219. The molecule has 3 aromatic heterocycles. The molecule has 0 unspecified atom stereocenters. The zero-order valence-electron chi connectivity index (χ0n) is 19.5. The van der Waals surface area contributed by atoms with E-state index in [9.17, 15) is 0 Å². The van der Waals surface area contributed by atoms with Crippen LogP contribution in [0.3, 0.4) is 0 Å². The summed E-state index contributed by atoms with van der Waals surface area (Å²) in [4.78, 5) is 0. The maximum absolute atomic E-state index is 4.92. The Hall–Kier alpha value is -2.44. The molecular weight excluding hydrogens is 368 g/mol. The minimum atomic E-state index is 0.413. The van der Waals surface area contributed by atoms with Crippen LogP contribution in [0.5, 0.6) is 0 Å². The summed E-state index contributed by atoms with van der Waals surface area (Å²) in [6.45, 7) is 20.8. The third kappa shape index (κ3) is 7.48. The number of hydrogen-bond donors (Lipinski definition) is 0. The van der Waals surface area contributed by atoms with Crippen LogP contribution in [0.25, 0.3) is 0 Å². The van der Waals surface area contributed by atoms with Crippen molar-refractivity contribution in [2.75, 3.05) is 0 Å². The number of aryl methyl sites for hydroxylation is 2. The molecule has 3 rings (SSSR count). The first-order valence-electron chi connectivity index (χ1n) is 10.2. The molecule has 0 radical (unpaired) electrons. The van der Waals surface area contributed by atoms with E-state index >= 15 is 0 Å². The van der Waals surface area contributed by atoms with E-state index in [4.69, 9.17) is 9.05 Å². The lowest BCUT2D eigenvalue weighted by Gasteiger charge is -2.05. The van der Waals surface area contributed by atoms with Crippen LogP contribution in [-0.2, 0) is 0 Å². The largest absolute Gasteiger partial charge is 0.364 e. The Bertz CT molecular complexity index is 762. The van der Waals surface area contributed by atoms with Gasteiger partial charge in [-0.3, -0.25) is 0 Å². The molecule has 162 valence electrons. The smallest absolute Gasteiger partial charge is 0.127 e. The molecule has 0 saturated carbocycles. The summed E-state index contributed by atoms with van der Waals surface area (Å²) >= 11 is 0. The maximum atomic E-state index is 4.92. The molecule has 0 aliphatic heterocycles. The van der Waals surface area contributed by atoms with Gasteiger partial charge in [-0.25, -0.2) is 4.63 Å². The van der Waals surface area contributed by atoms with Gasteiger partial charge in [-0.1, -0.05) is 76.0 Å². The monoisotopic (exact) mass is 404 g/mol. The zero-order valence-corrected chi connectivity index (χ0v) is 19.5. The van der Waals surface area contributed by atoms with Crippen LogP contribution in [0.1, 0.15) is 113 Å². The third-order valence-electron chi connectivity index (χ3n) is 4.44.